The van der Waals surface area contributed by atoms with Gasteiger partial charge < -0.3 is 25.0 Å². The second-order valence-electron chi connectivity index (χ2n) is 5.92. The van der Waals surface area contributed by atoms with E-state index in [1.807, 2.05) is 27.7 Å². The Hall–Kier alpha value is -0.770. The molecule has 0 aromatic carbocycles. The topological polar surface area (TPSA) is 75.2 Å². The van der Waals surface area contributed by atoms with Crippen LogP contribution in [0.25, 0.3) is 0 Å². The Morgan fingerprint density at radius 1 is 1.36 bits per heavy atom. The van der Waals surface area contributed by atoms with Gasteiger partial charge in [-0.25, -0.2) is 4.79 Å². The van der Waals surface area contributed by atoms with Gasteiger partial charge in [0.25, 0.3) is 0 Å². The quantitative estimate of drug-likeness (QED) is 0.300. The number of amides is 1. The van der Waals surface area contributed by atoms with E-state index in [4.69, 9.17) is 9.47 Å². The Kier molecular flexibility index (Phi) is 9.74. The van der Waals surface area contributed by atoms with Crippen molar-refractivity contribution in [2.75, 3.05) is 39.9 Å². The smallest absolute Gasteiger partial charge is 0.410 e. The molecule has 0 unspecified atom stereocenters. The average Bonchev–Trinajstić information content (AvgIpc) is 2.33. The zero-order valence-corrected chi connectivity index (χ0v) is 16.5. The Bertz CT molecular complexity index is 366. The van der Waals surface area contributed by atoms with Crippen molar-refractivity contribution in [2.24, 2.45) is 4.99 Å². The standard InChI is InChI=1S/C14H28N4O3.HI/c1-6-20-8-7-16-12(15-5)17-11-9-18(10-11)13(19)21-14(2,3)4;/h11H,6-10H2,1-5H3,(H2,15,16,17);1H. The van der Waals surface area contributed by atoms with E-state index in [0.29, 0.717) is 32.8 Å². The zero-order chi connectivity index (χ0) is 15.9. The Morgan fingerprint density at radius 3 is 2.50 bits per heavy atom. The first-order chi connectivity index (χ1) is 9.85. The van der Waals surface area contributed by atoms with Crippen LogP contribution < -0.4 is 10.6 Å². The summed E-state index contributed by atoms with van der Waals surface area (Å²) < 4.78 is 10.6. The van der Waals surface area contributed by atoms with E-state index in [2.05, 4.69) is 15.6 Å². The van der Waals surface area contributed by atoms with Crippen molar-refractivity contribution in [2.45, 2.75) is 39.3 Å². The Morgan fingerprint density at radius 2 is 2.00 bits per heavy atom. The van der Waals surface area contributed by atoms with Gasteiger partial charge in [0, 0.05) is 33.3 Å². The third-order valence-corrected chi connectivity index (χ3v) is 2.84. The number of likely N-dealkylation sites (tertiary alicyclic amines) is 1. The zero-order valence-electron chi connectivity index (χ0n) is 14.1. The van der Waals surface area contributed by atoms with Crippen LogP contribution >= 0.6 is 24.0 Å². The molecule has 0 saturated carbocycles. The van der Waals surface area contributed by atoms with Crippen LogP contribution in [0.5, 0.6) is 0 Å². The summed E-state index contributed by atoms with van der Waals surface area (Å²) in [6.45, 7) is 10.9. The predicted octanol–water partition coefficient (Wildman–Crippen LogP) is 1.43. The summed E-state index contributed by atoms with van der Waals surface area (Å²) in [4.78, 5) is 17.6. The molecule has 2 N–H and O–H groups in total. The van der Waals surface area contributed by atoms with Crippen molar-refractivity contribution < 1.29 is 14.3 Å². The highest BCUT2D eigenvalue weighted by atomic mass is 127. The minimum absolute atomic E-state index is 0. The summed E-state index contributed by atoms with van der Waals surface area (Å²) >= 11 is 0. The van der Waals surface area contributed by atoms with Crippen molar-refractivity contribution in [3.63, 3.8) is 0 Å². The van der Waals surface area contributed by atoms with Gasteiger partial charge in [0.1, 0.15) is 5.60 Å². The molecule has 1 fully saturated rings. The number of aliphatic imine (C=N–C) groups is 1. The number of ether oxygens (including phenoxy) is 2. The maximum absolute atomic E-state index is 11.8. The molecule has 22 heavy (non-hydrogen) atoms. The van der Waals surface area contributed by atoms with Crippen molar-refractivity contribution >= 4 is 36.0 Å². The molecular formula is C14H29IN4O3. The predicted molar refractivity (Wildman–Crippen MR) is 98.0 cm³/mol. The second kappa shape index (κ2) is 10.1. The number of hydrogen-bond donors (Lipinski definition) is 2. The normalized spacial score (nSPS) is 15.7. The first-order valence-electron chi connectivity index (χ1n) is 7.38. The first-order valence-corrected chi connectivity index (χ1v) is 7.38. The largest absolute Gasteiger partial charge is 0.444 e. The van der Waals surface area contributed by atoms with Crippen LogP contribution in [0.1, 0.15) is 27.7 Å². The van der Waals surface area contributed by atoms with Gasteiger partial charge in [-0.1, -0.05) is 0 Å². The fourth-order valence-electron chi connectivity index (χ4n) is 1.82. The first kappa shape index (κ1) is 21.2. The maximum Gasteiger partial charge on any atom is 0.410 e. The lowest BCUT2D eigenvalue weighted by atomic mass is 10.1. The van der Waals surface area contributed by atoms with Crippen LogP contribution in [0.3, 0.4) is 0 Å². The number of carbonyl (C=O) groups excluding carboxylic acids is 1. The number of guanidine groups is 1. The van der Waals surface area contributed by atoms with E-state index in [-0.39, 0.29) is 36.1 Å². The van der Waals surface area contributed by atoms with Crippen LogP contribution in [0.2, 0.25) is 0 Å². The summed E-state index contributed by atoms with van der Waals surface area (Å²) in [6, 6.07) is 0.204. The van der Waals surface area contributed by atoms with Gasteiger partial charge in [-0.15, -0.1) is 24.0 Å². The number of carbonyl (C=O) groups is 1. The third-order valence-electron chi connectivity index (χ3n) is 2.84. The van der Waals surface area contributed by atoms with Gasteiger partial charge in [0.15, 0.2) is 5.96 Å². The number of hydrogen-bond acceptors (Lipinski definition) is 4. The summed E-state index contributed by atoms with van der Waals surface area (Å²) in [5.41, 5.74) is -0.452. The molecule has 1 amide bonds. The Labute approximate surface area is 150 Å². The number of nitrogens with one attached hydrogen (secondary N) is 2. The highest BCUT2D eigenvalue weighted by molar-refractivity contribution is 14.0. The highest BCUT2D eigenvalue weighted by Crippen LogP contribution is 2.14. The molecule has 0 radical (unpaired) electrons. The molecule has 8 heteroatoms. The summed E-state index contributed by atoms with van der Waals surface area (Å²) in [7, 11) is 1.72. The van der Waals surface area contributed by atoms with Gasteiger partial charge in [0.05, 0.1) is 12.6 Å². The number of rotatable bonds is 5. The number of nitrogens with zero attached hydrogens (tertiary/aromatic N) is 2. The maximum atomic E-state index is 11.8. The molecule has 1 saturated heterocycles. The van der Waals surface area contributed by atoms with Gasteiger partial charge in [-0.2, -0.15) is 0 Å². The van der Waals surface area contributed by atoms with E-state index >= 15 is 0 Å². The third kappa shape index (κ3) is 8.02. The van der Waals surface area contributed by atoms with E-state index in [1.54, 1.807) is 11.9 Å². The van der Waals surface area contributed by atoms with Crippen LogP contribution in [0.4, 0.5) is 4.79 Å². The summed E-state index contributed by atoms with van der Waals surface area (Å²) in [6.07, 6.45) is -0.264. The SMILES string of the molecule is CCOCCNC(=NC)NC1CN(C(=O)OC(C)(C)C)C1.I. The number of halogens is 1. The molecule has 0 aromatic heterocycles. The molecule has 1 rings (SSSR count). The molecule has 0 bridgehead atoms. The molecule has 7 nitrogen and oxygen atoms in total. The van der Waals surface area contributed by atoms with E-state index in [1.165, 1.54) is 0 Å². The van der Waals surface area contributed by atoms with Crippen molar-refractivity contribution in [1.29, 1.82) is 0 Å². The van der Waals surface area contributed by atoms with Crippen LogP contribution in [0.15, 0.2) is 4.99 Å². The fraction of sp³-hybridized carbons (Fsp3) is 0.857. The molecular weight excluding hydrogens is 399 g/mol. The molecule has 0 atom stereocenters. The minimum atomic E-state index is -0.452. The van der Waals surface area contributed by atoms with E-state index in [9.17, 15) is 4.79 Å². The average molecular weight is 428 g/mol. The molecule has 130 valence electrons. The van der Waals surface area contributed by atoms with Gasteiger partial charge in [0.2, 0.25) is 0 Å². The van der Waals surface area contributed by atoms with Crippen molar-refractivity contribution in [3.05, 3.63) is 0 Å². The van der Waals surface area contributed by atoms with Gasteiger partial charge >= 0.3 is 6.09 Å². The van der Waals surface area contributed by atoms with Gasteiger partial charge in [-0.05, 0) is 27.7 Å². The lowest BCUT2D eigenvalue weighted by Crippen LogP contribution is -2.63. The van der Waals surface area contributed by atoms with Gasteiger partial charge in [-0.3, -0.25) is 4.99 Å². The fourth-order valence-corrected chi connectivity index (χ4v) is 1.82. The summed E-state index contributed by atoms with van der Waals surface area (Å²) in [5, 5.41) is 6.43. The molecule has 0 aliphatic carbocycles. The monoisotopic (exact) mass is 428 g/mol. The molecule has 0 aromatic rings. The van der Waals surface area contributed by atoms with Crippen LogP contribution in [0, 0.1) is 0 Å². The van der Waals surface area contributed by atoms with Crippen LogP contribution in [-0.4, -0.2) is 68.5 Å². The molecule has 0 spiro atoms. The highest BCUT2D eigenvalue weighted by Gasteiger charge is 2.34. The lowest BCUT2D eigenvalue weighted by Gasteiger charge is -2.40. The second-order valence-corrected chi connectivity index (χ2v) is 5.92. The van der Waals surface area contributed by atoms with Crippen LogP contribution in [-0.2, 0) is 9.47 Å². The molecule has 1 heterocycles. The van der Waals surface area contributed by atoms with Crippen molar-refractivity contribution in [3.8, 4) is 0 Å². The Balaban J connectivity index is 0.00000441. The minimum Gasteiger partial charge on any atom is -0.444 e. The molecule has 1 aliphatic rings. The van der Waals surface area contributed by atoms with Crippen molar-refractivity contribution in [1.82, 2.24) is 15.5 Å². The summed E-state index contributed by atoms with van der Waals surface area (Å²) in [5.74, 6) is 0.726. The lowest BCUT2D eigenvalue weighted by molar-refractivity contribution is 0.00700. The molecule has 1 aliphatic heterocycles. The van der Waals surface area contributed by atoms with E-state index < -0.39 is 5.60 Å². The van der Waals surface area contributed by atoms with E-state index in [0.717, 1.165) is 5.96 Å².